The largest absolute Gasteiger partial charge is 0.396 e. The van der Waals surface area contributed by atoms with Crippen LogP contribution in [0.4, 0.5) is 10.1 Å². The van der Waals surface area contributed by atoms with Crippen molar-refractivity contribution < 1.29 is 13.9 Å². The number of hydrogen-bond acceptors (Lipinski definition) is 3. The molecular formula is C15H18FNO2. The van der Waals surface area contributed by atoms with Crippen molar-refractivity contribution in [3.8, 4) is 11.8 Å². The highest BCUT2D eigenvalue weighted by Gasteiger charge is 2.12. The third-order valence-corrected chi connectivity index (χ3v) is 2.99. The van der Waals surface area contributed by atoms with Gasteiger partial charge in [0.05, 0.1) is 18.4 Å². The molecule has 1 aromatic carbocycles. The molecular weight excluding hydrogens is 245 g/mol. The number of halogens is 1. The summed E-state index contributed by atoms with van der Waals surface area (Å²) in [6.07, 6.45) is 3.59. The number of anilines is 1. The monoisotopic (exact) mass is 263 g/mol. The van der Waals surface area contributed by atoms with Gasteiger partial charge in [0.15, 0.2) is 0 Å². The molecule has 1 aliphatic heterocycles. The van der Waals surface area contributed by atoms with Crippen LogP contribution in [0.3, 0.4) is 0 Å². The van der Waals surface area contributed by atoms with Crippen LogP contribution in [0.5, 0.6) is 0 Å². The van der Waals surface area contributed by atoms with Gasteiger partial charge in [0.25, 0.3) is 0 Å². The minimum Gasteiger partial charge on any atom is -0.396 e. The van der Waals surface area contributed by atoms with Crippen molar-refractivity contribution in [3.05, 3.63) is 29.6 Å². The molecule has 19 heavy (non-hydrogen) atoms. The maximum atomic E-state index is 13.2. The Bertz CT molecular complexity index is 473. The zero-order chi connectivity index (χ0) is 13.5. The molecule has 0 radical (unpaired) electrons. The topological polar surface area (TPSA) is 44.5 Å². The molecule has 4 heteroatoms. The van der Waals surface area contributed by atoms with Gasteiger partial charge in [0.2, 0.25) is 0 Å². The Labute approximate surface area is 112 Å². The summed E-state index contributed by atoms with van der Waals surface area (Å²) in [6.45, 7) is 1.72. The lowest BCUT2D eigenvalue weighted by Crippen LogP contribution is -2.24. The number of hydrogen-bond donors (Lipinski definition) is 1. The van der Waals surface area contributed by atoms with E-state index in [9.17, 15) is 4.39 Å². The Morgan fingerprint density at radius 2 is 2.32 bits per heavy atom. The normalized spacial score (nSPS) is 18.7. The van der Waals surface area contributed by atoms with Crippen molar-refractivity contribution in [2.24, 2.45) is 0 Å². The van der Waals surface area contributed by atoms with E-state index in [0.29, 0.717) is 18.8 Å². The number of ether oxygens (including phenoxy) is 2. The average molecular weight is 263 g/mol. The standard InChI is InChI=1S/C15H18FNO2/c16-14-10-12(6-7-15(14)17)4-3-8-18-11-13-5-1-2-9-19-13/h6-7,10,13H,1-2,5,8-9,11,17H2. The van der Waals surface area contributed by atoms with Gasteiger partial charge in [-0.15, -0.1) is 0 Å². The maximum absolute atomic E-state index is 13.2. The molecule has 1 fully saturated rings. The summed E-state index contributed by atoms with van der Waals surface area (Å²) < 4.78 is 24.1. The minimum atomic E-state index is -0.441. The van der Waals surface area contributed by atoms with Crippen LogP contribution in [0.1, 0.15) is 24.8 Å². The van der Waals surface area contributed by atoms with E-state index in [1.54, 1.807) is 6.07 Å². The van der Waals surface area contributed by atoms with Crippen LogP contribution in [0.25, 0.3) is 0 Å². The fourth-order valence-electron chi connectivity index (χ4n) is 1.92. The molecule has 0 spiro atoms. The third kappa shape index (κ3) is 4.55. The van der Waals surface area contributed by atoms with E-state index in [4.69, 9.17) is 15.2 Å². The van der Waals surface area contributed by atoms with Crippen molar-refractivity contribution in [1.82, 2.24) is 0 Å². The summed E-state index contributed by atoms with van der Waals surface area (Å²) in [4.78, 5) is 0. The molecule has 102 valence electrons. The maximum Gasteiger partial charge on any atom is 0.147 e. The van der Waals surface area contributed by atoms with Gasteiger partial charge in [-0.2, -0.15) is 0 Å². The summed E-state index contributed by atoms with van der Waals surface area (Å²) in [5, 5.41) is 0. The van der Waals surface area contributed by atoms with E-state index in [0.717, 1.165) is 19.4 Å². The lowest BCUT2D eigenvalue weighted by Gasteiger charge is -2.21. The van der Waals surface area contributed by atoms with Crippen LogP contribution in [-0.2, 0) is 9.47 Å². The Kier molecular flexibility index (Phi) is 5.20. The molecule has 0 saturated carbocycles. The zero-order valence-electron chi connectivity index (χ0n) is 10.8. The van der Waals surface area contributed by atoms with Crippen LogP contribution < -0.4 is 5.73 Å². The lowest BCUT2D eigenvalue weighted by molar-refractivity contribution is -0.0345. The highest BCUT2D eigenvalue weighted by molar-refractivity contribution is 5.46. The first-order valence-corrected chi connectivity index (χ1v) is 6.49. The first kappa shape index (κ1) is 13.9. The number of benzene rings is 1. The predicted octanol–water partition coefficient (Wildman–Crippen LogP) is 2.35. The minimum absolute atomic E-state index is 0.135. The van der Waals surface area contributed by atoms with Crippen LogP contribution in [0.2, 0.25) is 0 Å². The van der Waals surface area contributed by atoms with E-state index in [-0.39, 0.29) is 11.8 Å². The SMILES string of the molecule is Nc1ccc(C#CCOCC2CCCCO2)cc1F. The Hall–Kier alpha value is -1.57. The van der Waals surface area contributed by atoms with Crippen LogP contribution >= 0.6 is 0 Å². The van der Waals surface area contributed by atoms with Gasteiger partial charge in [-0.1, -0.05) is 11.8 Å². The average Bonchev–Trinajstić information content (AvgIpc) is 2.43. The van der Waals surface area contributed by atoms with Crippen molar-refractivity contribution in [1.29, 1.82) is 0 Å². The van der Waals surface area contributed by atoms with Gasteiger partial charge in [-0.3, -0.25) is 0 Å². The highest BCUT2D eigenvalue weighted by atomic mass is 19.1. The molecule has 1 saturated heterocycles. The number of nitrogens with two attached hydrogens (primary N) is 1. The second-order valence-electron chi connectivity index (χ2n) is 4.54. The second-order valence-corrected chi connectivity index (χ2v) is 4.54. The molecule has 0 amide bonds. The Morgan fingerprint density at radius 3 is 3.05 bits per heavy atom. The molecule has 1 atom stereocenters. The molecule has 2 N–H and O–H groups in total. The van der Waals surface area contributed by atoms with Gasteiger partial charge in [0, 0.05) is 12.2 Å². The summed E-state index contributed by atoms with van der Waals surface area (Å²) in [5.41, 5.74) is 6.12. The van der Waals surface area contributed by atoms with Gasteiger partial charge >= 0.3 is 0 Å². The molecule has 0 aliphatic carbocycles. The first-order chi connectivity index (χ1) is 9.25. The zero-order valence-corrected chi connectivity index (χ0v) is 10.8. The first-order valence-electron chi connectivity index (χ1n) is 6.49. The molecule has 1 aliphatic rings. The van der Waals surface area contributed by atoms with E-state index in [2.05, 4.69) is 11.8 Å². The van der Waals surface area contributed by atoms with Crippen molar-refractivity contribution in [2.75, 3.05) is 25.6 Å². The Balaban J connectivity index is 1.73. The van der Waals surface area contributed by atoms with Crippen molar-refractivity contribution in [2.45, 2.75) is 25.4 Å². The smallest absolute Gasteiger partial charge is 0.147 e. The molecule has 1 unspecified atom stereocenters. The second kappa shape index (κ2) is 7.13. The predicted molar refractivity (Wildman–Crippen MR) is 72.1 cm³/mol. The van der Waals surface area contributed by atoms with Crippen LogP contribution in [0.15, 0.2) is 18.2 Å². The number of rotatable bonds is 3. The van der Waals surface area contributed by atoms with Crippen LogP contribution in [0, 0.1) is 17.7 Å². The van der Waals surface area contributed by atoms with E-state index >= 15 is 0 Å². The third-order valence-electron chi connectivity index (χ3n) is 2.99. The molecule has 1 heterocycles. The van der Waals surface area contributed by atoms with E-state index in [1.807, 2.05) is 0 Å². The van der Waals surface area contributed by atoms with E-state index < -0.39 is 5.82 Å². The summed E-state index contributed by atoms with van der Waals surface area (Å²) in [7, 11) is 0. The molecule has 1 aromatic rings. The quantitative estimate of drug-likeness (QED) is 0.517. The molecule has 0 aromatic heterocycles. The Morgan fingerprint density at radius 1 is 1.42 bits per heavy atom. The van der Waals surface area contributed by atoms with Gasteiger partial charge in [-0.25, -0.2) is 4.39 Å². The summed E-state index contributed by atoms with van der Waals surface area (Å²) in [5.74, 6) is 5.25. The fourth-order valence-corrected chi connectivity index (χ4v) is 1.92. The van der Waals surface area contributed by atoms with Crippen molar-refractivity contribution in [3.63, 3.8) is 0 Å². The van der Waals surface area contributed by atoms with Crippen molar-refractivity contribution >= 4 is 5.69 Å². The summed E-state index contributed by atoms with van der Waals surface area (Å²) >= 11 is 0. The molecule has 3 nitrogen and oxygen atoms in total. The molecule has 0 bridgehead atoms. The molecule has 2 rings (SSSR count). The number of nitrogen functional groups attached to an aromatic ring is 1. The summed E-state index contributed by atoms with van der Waals surface area (Å²) in [6, 6.07) is 4.53. The van der Waals surface area contributed by atoms with Gasteiger partial charge < -0.3 is 15.2 Å². The van der Waals surface area contributed by atoms with Crippen LogP contribution in [-0.4, -0.2) is 25.9 Å². The van der Waals surface area contributed by atoms with E-state index in [1.165, 1.54) is 18.6 Å². The fraction of sp³-hybridized carbons (Fsp3) is 0.467. The highest BCUT2D eigenvalue weighted by Crippen LogP contribution is 2.12. The van der Waals surface area contributed by atoms with Gasteiger partial charge in [-0.05, 0) is 37.5 Å². The van der Waals surface area contributed by atoms with Gasteiger partial charge in [0.1, 0.15) is 12.4 Å². The lowest BCUT2D eigenvalue weighted by atomic mass is 10.1.